The summed E-state index contributed by atoms with van der Waals surface area (Å²) >= 11 is 0. The molecule has 0 aromatic heterocycles. The van der Waals surface area contributed by atoms with E-state index in [1.807, 2.05) is 4.90 Å². The van der Waals surface area contributed by atoms with Crippen molar-refractivity contribution in [2.75, 3.05) is 19.7 Å². The van der Waals surface area contributed by atoms with Crippen molar-refractivity contribution in [3.63, 3.8) is 0 Å². The minimum Gasteiger partial charge on any atom is -0.449 e. The molecule has 0 radical (unpaired) electrons. The molecular weight excluding hydrogens is 450 g/mol. The van der Waals surface area contributed by atoms with Crippen molar-refractivity contribution < 1.29 is 19.7 Å². The number of fused-ring (bicyclic) bond motifs is 5. The quantitative estimate of drug-likeness (QED) is 0.464. The Balaban J connectivity index is 1.26. The Kier molecular flexibility index (Phi) is 7.73. The summed E-state index contributed by atoms with van der Waals surface area (Å²) in [4.78, 5) is 14.4. The summed E-state index contributed by atoms with van der Waals surface area (Å²) in [5.74, 6) is 3.53. The number of aliphatic hydroxyl groups excluding tert-OH is 2. The maximum Gasteiger partial charge on any atom is 0.409 e. The van der Waals surface area contributed by atoms with E-state index in [2.05, 4.69) is 27.7 Å². The van der Waals surface area contributed by atoms with Gasteiger partial charge in [0.05, 0.1) is 18.8 Å². The molecule has 36 heavy (non-hydrogen) atoms. The Morgan fingerprint density at radius 2 is 1.67 bits per heavy atom. The normalized spacial score (nSPS) is 47.4. The zero-order valence-electron chi connectivity index (χ0n) is 23.5. The number of hydrogen-bond acceptors (Lipinski definition) is 4. The van der Waals surface area contributed by atoms with Gasteiger partial charge in [-0.3, -0.25) is 0 Å². The number of carbonyl (C=O) groups is 1. The summed E-state index contributed by atoms with van der Waals surface area (Å²) < 4.78 is 5.72. The lowest BCUT2D eigenvalue weighted by Gasteiger charge is -2.64. The Labute approximate surface area is 219 Å². The minimum absolute atomic E-state index is 0.116. The largest absolute Gasteiger partial charge is 0.449 e. The van der Waals surface area contributed by atoms with Crippen molar-refractivity contribution in [3.05, 3.63) is 0 Å². The van der Waals surface area contributed by atoms with E-state index in [1.54, 1.807) is 0 Å². The SMILES string of the molecule is CC[C@H]1[C@@H](O)[C@@H]2[C@H](CC[C@]3(C)[C@@H]([C@H](C)CCOC(=O)N4CCCCC4)CC[C@@H]23)[C@@]2(C)CC[C@@H](O)C[C@@H]12. The van der Waals surface area contributed by atoms with Crippen LogP contribution < -0.4 is 0 Å². The molecule has 0 aromatic carbocycles. The summed E-state index contributed by atoms with van der Waals surface area (Å²) in [6, 6.07) is 0. The highest BCUT2D eigenvalue weighted by atomic mass is 16.6. The first-order valence-corrected chi connectivity index (χ1v) is 15.5. The van der Waals surface area contributed by atoms with E-state index in [0.29, 0.717) is 48.0 Å². The lowest BCUT2D eigenvalue weighted by atomic mass is 9.41. The fraction of sp³-hybridized carbons (Fsp3) is 0.968. The van der Waals surface area contributed by atoms with E-state index in [0.717, 1.165) is 58.0 Å². The maximum atomic E-state index is 12.5. The van der Waals surface area contributed by atoms with Crippen LogP contribution in [-0.4, -0.2) is 53.1 Å². The Hall–Kier alpha value is -0.810. The van der Waals surface area contributed by atoms with E-state index < -0.39 is 0 Å². The van der Waals surface area contributed by atoms with Crippen molar-refractivity contribution >= 4 is 6.09 Å². The lowest BCUT2D eigenvalue weighted by Crippen LogP contribution is -2.62. The van der Waals surface area contributed by atoms with Gasteiger partial charge in [0.25, 0.3) is 0 Å². The second kappa shape index (κ2) is 10.4. The molecule has 1 saturated heterocycles. The van der Waals surface area contributed by atoms with Crippen LogP contribution >= 0.6 is 0 Å². The van der Waals surface area contributed by atoms with Gasteiger partial charge in [-0.15, -0.1) is 0 Å². The Bertz CT molecular complexity index is 783. The summed E-state index contributed by atoms with van der Waals surface area (Å²) in [6.07, 6.45) is 12.7. The molecule has 1 amide bonds. The van der Waals surface area contributed by atoms with E-state index in [-0.39, 0.29) is 29.1 Å². The van der Waals surface area contributed by atoms with Gasteiger partial charge in [0.1, 0.15) is 0 Å². The van der Waals surface area contributed by atoms with Crippen LogP contribution in [0.25, 0.3) is 0 Å². The lowest BCUT2D eigenvalue weighted by molar-refractivity contribution is -0.203. The molecule has 1 aliphatic heterocycles. The van der Waals surface area contributed by atoms with Gasteiger partial charge in [0, 0.05) is 13.1 Å². The molecule has 5 aliphatic rings. The number of carbonyl (C=O) groups excluding carboxylic acids is 1. The van der Waals surface area contributed by atoms with Gasteiger partial charge in [-0.2, -0.15) is 0 Å². The van der Waals surface area contributed by atoms with Gasteiger partial charge in [0.2, 0.25) is 0 Å². The fourth-order valence-electron chi connectivity index (χ4n) is 10.6. The van der Waals surface area contributed by atoms with Crippen molar-refractivity contribution in [1.82, 2.24) is 4.90 Å². The van der Waals surface area contributed by atoms with Crippen LogP contribution in [0.15, 0.2) is 0 Å². The van der Waals surface area contributed by atoms with Crippen LogP contribution in [0.4, 0.5) is 4.79 Å². The summed E-state index contributed by atoms with van der Waals surface area (Å²) in [5.41, 5.74) is 0.533. The topological polar surface area (TPSA) is 70.0 Å². The third kappa shape index (κ3) is 4.42. The number of ether oxygens (including phenoxy) is 1. The van der Waals surface area contributed by atoms with Crippen LogP contribution in [0.5, 0.6) is 0 Å². The zero-order valence-corrected chi connectivity index (χ0v) is 23.5. The molecule has 0 unspecified atom stereocenters. The first-order chi connectivity index (χ1) is 17.2. The molecule has 1 heterocycles. The Morgan fingerprint density at radius 3 is 2.39 bits per heavy atom. The van der Waals surface area contributed by atoms with Gasteiger partial charge in [-0.1, -0.05) is 34.1 Å². The van der Waals surface area contributed by atoms with Gasteiger partial charge in [-0.05, 0) is 123 Å². The summed E-state index contributed by atoms with van der Waals surface area (Å²) in [5, 5.41) is 22.4. The summed E-state index contributed by atoms with van der Waals surface area (Å²) in [6.45, 7) is 11.9. The number of likely N-dealkylation sites (tertiary alicyclic amines) is 1. The van der Waals surface area contributed by atoms with Crippen molar-refractivity contribution in [1.29, 1.82) is 0 Å². The highest BCUT2D eigenvalue weighted by Crippen LogP contribution is 2.69. The van der Waals surface area contributed by atoms with Crippen LogP contribution in [-0.2, 0) is 4.74 Å². The van der Waals surface area contributed by atoms with Gasteiger partial charge < -0.3 is 19.8 Å². The van der Waals surface area contributed by atoms with Crippen molar-refractivity contribution in [3.8, 4) is 0 Å². The van der Waals surface area contributed by atoms with Crippen molar-refractivity contribution in [2.24, 2.45) is 52.3 Å². The number of rotatable bonds is 5. The predicted octanol–water partition coefficient (Wildman–Crippen LogP) is 6.26. The average Bonchev–Trinajstić information content (AvgIpc) is 3.23. The van der Waals surface area contributed by atoms with Gasteiger partial charge >= 0.3 is 6.09 Å². The molecule has 5 rings (SSSR count). The third-order valence-corrected chi connectivity index (χ3v) is 12.6. The standard InChI is InChI=1S/C31H53NO4/c1-5-22-26-19-21(33)11-14-31(26,4)25-12-15-30(3)23(9-10-24(30)27(25)28(22)34)20(2)13-18-36-29(35)32-16-7-6-8-17-32/h20-28,33-34H,5-19H2,1-4H3/t20-,21-,22-,23-,24+,25+,26+,27+,28-,30-,31-/m1/s1. The number of hydrogen-bond donors (Lipinski definition) is 2. The molecule has 5 heteroatoms. The molecule has 0 bridgehead atoms. The first kappa shape index (κ1) is 26.8. The monoisotopic (exact) mass is 503 g/mol. The molecular formula is C31H53NO4. The minimum atomic E-state index is -0.229. The molecule has 0 aromatic rings. The molecule has 4 aliphatic carbocycles. The smallest absolute Gasteiger partial charge is 0.409 e. The second-order valence-corrected chi connectivity index (χ2v) is 14.0. The highest BCUT2D eigenvalue weighted by molar-refractivity contribution is 5.67. The molecule has 0 spiro atoms. The second-order valence-electron chi connectivity index (χ2n) is 14.0. The molecule has 5 fully saturated rings. The molecule has 11 atom stereocenters. The van der Waals surface area contributed by atoms with Crippen LogP contribution in [0.3, 0.4) is 0 Å². The maximum absolute atomic E-state index is 12.5. The van der Waals surface area contributed by atoms with Crippen molar-refractivity contribution in [2.45, 2.75) is 117 Å². The summed E-state index contributed by atoms with van der Waals surface area (Å²) in [7, 11) is 0. The van der Waals surface area contributed by atoms with Gasteiger partial charge in [-0.25, -0.2) is 4.79 Å². The fourth-order valence-corrected chi connectivity index (χ4v) is 10.6. The molecule has 4 saturated carbocycles. The number of amides is 1. The van der Waals surface area contributed by atoms with E-state index in [1.165, 1.54) is 32.1 Å². The predicted molar refractivity (Wildman–Crippen MR) is 142 cm³/mol. The third-order valence-electron chi connectivity index (χ3n) is 12.6. The van der Waals surface area contributed by atoms with Crippen LogP contribution in [0.1, 0.15) is 105 Å². The number of nitrogens with zero attached hydrogens (tertiary/aromatic N) is 1. The number of aliphatic hydroxyl groups is 2. The van der Waals surface area contributed by atoms with E-state index in [4.69, 9.17) is 4.74 Å². The zero-order chi connectivity index (χ0) is 25.7. The first-order valence-electron chi connectivity index (χ1n) is 15.5. The molecule has 5 nitrogen and oxygen atoms in total. The molecule has 2 N–H and O–H groups in total. The van der Waals surface area contributed by atoms with Crippen LogP contribution in [0, 0.1) is 52.3 Å². The van der Waals surface area contributed by atoms with Gasteiger partial charge in [0.15, 0.2) is 0 Å². The Morgan fingerprint density at radius 1 is 0.972 bits per heavy atom. The van der Waals surface area contributed by atoms with E-state index in [9.17, 15) is 15.0 Å². The highest BCUT2D eigenvalue weighted by Gasteiger charge is 2.64. The molecule has 206 valence electrons. The number of piperidine rings is 1. The van der Waals surface area contributed by atoms with Crippen LogP contribution in [0.2, 0.25) is 0 Å². The van der Waals surface area contributed by atoms with E-state index >= 15 is 0 Å². The average molecular weight is 504 g/mol.